The quantitative estimate of drug-likeness (QED) is 0.603. The summed E-state index contributed by atoms with van der Waals surface area (Å²) in [5.74, 6) is -0.0746. The van der Waals surface area contributed by atoms with Gasteiger partial charge in [-0.25, -0.2) is 0 Å². The van der Waals surface area contributed by atoms with Gasteiger partial charge in [-0.3, -0.25) is 4.79 Å². The van der Waals surface area contributed by atoms with Crippen LogP contribution in [0.4, 0.5) is 0 Å². The van der Waals surface area contributed by atoms with Crippen LogP contribution in [-0.2, 0) is 9.53 Å². The number of aliphatic hydroxyl groups excluding tert-OH is 1. The van der Waals surface area contributed by atoms with Crippen molar-refractivity contribution >= 4 is 5.91 Å². The maximum Gasteiger partial charge on any atom is 0.234 e. The molecule has 1 unspecified atom stereocenters. The Morgan fingerprint density at radius 3 is 2.41 bits per heavy atom. The molecule has 0 aliphatic rings. The molecule has 102 valence electrons. The third kappa shape index (κ3) is 11.6. The lowest BCUT2D eigenvalue weighted by molar-refractivity contribution is -0.121. The second-order valence-electron chi connectivity index (χ2n) is 5.46. The molecule has 17 heavy (non-hydrogen) atoms. The molecule has 1 atom stereocenters. The van der Waals surface area contributed by atoms with Gasteiger partial charge in [0.05, 0.1) is 25.4 Å². The van der Waals surface area contributed by atoms with Crippen LogP contribution in [0.5, 0.6) is 0 Å². The van der Waals surface area contributed by atoms with Crippen molar-refractivity contribution in [2.24, 2.45) is 0 Å². The molecule has 0 aromatic rings. The minimum Gasteiger partial charge on any atom is -0.389 e. The molecule has 5 heteroatoms. The van der Waals surface area contributed by atoms with E-state index in [1.54, 1.807) is 0 Å². The van der Waals surface area contributed by atoms with Crippen LogP contribution < -0.4 is 10.6 Å². The Kier molecular flexibility index (Phi) is 7.34. The lowest BCUT2D eigenvalue weighted by Gasteiger charge is -2.21. The minimum atomic E-state index is -0.583. The number of nitrogens with one attached hydrogen (secondary N) is 2. The Morgan fingerprint density at radius 2 is 1.94 bits per heavy atom. The summed E-state index contributed by atoms with van der Waals surface area (Å²) in [6.07, 6.45) is -0.478. The highest BCUT2D eigenvalue weighted by Crippen LogP contribution is 1.97. The summed E-state index contributed by atoms with van der Waals surface area (Å²) in [5.41, 5.74) is -0.224. The largest absolute Gasteiger partial charge is 0.389 e. The number of hydrogen-bond acceptors (Lipinski definition) is 4. The number of carbonyl (C=O) groups excluding carboxylic acids is 1. The number of ether oxygens (including phenoxy) is 1. The number of amides is 1. The molecule has 5 nitrogen and oxygen atoms in total. The van der Waals surface area contributed by atoms with Gasteiger partial charge in [-0.05, 0) is 34.6 Å². The summed E-state index contributed by atoms with van der Waals surface area (Å²) in [7, 11) is 0. The highest BCUT2D eigenvalue weighted by molar-refractivity contribution is 5.78. The summed E-state index contributed by atoms with van der Waals surface area (Å²) in [4.78, 5) is 11.4. The summed E-state index contributed by atoms with van der Waals surface area (Å²) in [6, 6.07) is 0. The third-order valence-corrected chi connectivity index (χ3v) is 1.80. The van der Waals surface area contributed by atoms with Gasteiger partial charge in [-0.2, -0.15) is 0 Å². The minimum absolute atomic E-state index is 0.0746. The van der Waals surface area contributed by atoms with E-state index in [2.05, 4.69) is 10.6 Å². The fourth-order valence-corrected chi connectivity index (χ4v) is 1.18. The van der Waals surface area contributed by atoms with E-state index in [1.807, 2.05) is 34.6 Å². The molecule has 0 fully saturated rings. The van der Waals surface area contributed by atoms with E-state index in [1.165, 1.54) is 0 Å². The van der Waals surface area contributed by atoms with Gasteiger partial charge in [-0.15, -0.1) is 0 Å². The van der Waals surface area contributed by atoms with Gasteiger partial charge >= 0.3 is 0 Å². The predicted octanol–water partition coefficient (Wildman–Crippen LogP) is 0.277. The van der Waals surface area contributed by atoms with Crippen molar-refractivity contribution in [1.29, 1.82) is 0 Å². The predicted molar refractivity (Wildman–Crippen MR) is 67.9 cm³/mol. The number of hydrogen-bond donors (Lipinski definition) is 3. The third-order valence-electron chi connectivity index (χ3n) is 1.80. The fraction of sp³-hybridized carbons (Fsp3) is 0.917. The Bertz CT molecular complexity index is 224. The van der Waals surface area contributed by atoms with Gasteiger partial charge in [0, 0.05) is 12.1 Å². The molecule has 0 bridgehead atoms. The number of carbonyl (C=O) groups is 1. The second-order valence-corrected chi connectivity index (χ2v) is 5.46. The van der Waals surface area contributed by atoms with E-state index in [0.29, 0.717) is 6.54 Å². The first-order chi connectivity index (χ1) is 7.70. The molecule has 0 saturated heterocycles. The molecule has 0 aliphatic carbocycles. The van der Waals surface area contributed by atoms with Gasteiger partial charge in [0.1, 0.15) is 0 Å². The standard InChI is InChI=1S/C12H26N2O3/c1-9(2)17-8-10(15)6-13-7-11(16)14-12(3,4)5/h9-10,13,15H,6-8H2,1-5H3,(H,14,16). The SMILES string of the molecule is CC(C)OCC(O)CNCC(=O)NC(C)(C)C. The average Bonchev–Trinajstić information content (AvgIpc) is 2.11. The first-order valence-electron chi connectivity index (χ1n) is 6.02. The molecule has 0 saturated carbocycles. The van der Waals surface area contributed by atoms with Crippen LogP contribution >= 0.6 is 0 Å². The lowest BCUT2D eigenvalue weighted by atomic mass is 10.1. The van der Waals surface area contributed by atoms with E-state index in [4.69, 9.17) is 4.74 Å². The van der Waals surface area contributed by atoms with Gasteiger partial charge < -0.3 is 20.5 Å². The van der Waals surface area contributed by atoms with Crippen molar-refractivity contribution in [2.45, 2.75) is 52.4 Å². The second kappa shape index (κ2) is 7.63. The molecule has 0 rings (SSSR count). The molecule has 0 spiro atoms. The van der Waals surface area contributed by atoms with Gasteiger partial charge in [0.2, 0.25) is 5.91 Å². The Hall–Kier alpha value is -0.650. The zero-order valence-corrected chi connectivity index (χ0v) is 11.5. The topological polar surface area (TPSA) is 70.6 Å². The van der Waals surface area contributed by atoms with Crippen molar-refractivity contribution in [2.75, 3.05) is 19.7 Å². The molecule has 0 aromatic carbocycles. The number of aliphatic hydroxyl groups is 1. The maximum absolute atomic E-state index is 11.4. The highest BCUT2D eigenvalue weighted by Gasteiger charge is 2.13. The van der Waals surface area contributed by atoms with Crippen LogP contribution in [0.2, 0.25) is 0 Å². The first kappa shape index (κ1) is 16.4. The van der Waals surface area contributed by atoms with Crippen LogP contribution in [0.3, 0.4) is 0 Å². The monoisotopic (exact) mass is 246 g/mol. The Labute approximate surface area is 104 Å². The molecule has 0 heterocycles. The Balaban J connectivity index is 3.59. The molecular formula is C12H26N2O3. The van der Waals surface area contributed by atoms with Crippen molar-refractivity contribution in [3.63, 3.8) is 0 Å². The van der Waals surface area contributed by atoms with Crippen molar-refractivity contribution in [3.8, 4) is 0 Å². The Morgan fingerprint density at radius 1 is 1.35 bits per heavy atom. The van der Waals surface area contributed by atoms with Crippen LogP contribution in [0.1, 0.15) is 34.6 Å². The summed E-state index contributed by atoms with van der Waals surface area (Å²) >= 11 is 0. The van der Waals surface area contributed by atoms with E-state index in [9.17, 15) is 9.90 Å². The molecule has 0 aromatic heterocycles. The summed E-state index contributed by atoms with van der Waals surface area (Å²) in [6.45, 7) is 10.4. The zero-order valence-electron chi connectivity index (χ0n) is 11.5. The molecule has 0 radical (unpaired) electrons. The number of rotatable bonds is 7. The fourth-order valence-electron chi connectivity index (χ4n) is 1.18. The van der Waals surface area contributed by atoms with Crippen molar-refractivity contribution < 1.29 is 14.6 Å². The molecule has 3 N–H and O–H groups in total. The smallest absolute Gasteiger partial charge is 0.234 e. The maximum atomic E-state index is 11.4. The van der Waals surface area contributed by atoms with Crippen LogP contribution in [0.25, 0.3) is 0 Å². The van der Waals surface area contributed by atoms with Gasteiger partial charge in [0.25, 0.3) is 0 Å². The average molecular weight is 246 g/mol. The molecule has 0 aliphatic heterocycles. The van der Waals surface area contributed by atoms with E-state index < -0.39 is 6.10 Å². The zero-order chi connectivity index (χ0) is 13.5. The molecular weight excluding hydrogens is 220 g/mol. The van der Waals surface area contributed by atoms with Crippen molar-refractivity contribution in [3.05, 3.63) is 0 Å². The van der Waals surface area contributed by atoms with E-state index in [-0.39, 0.29) is 30.7 Å². The normalized spacial score (nSPS) is 13.8. The van der Waals surface area contributed by atoms with Crippen LogP contribution in [-0.4, -0.2) is 48.5 Å². The highest BCUT2D eigenvalue weighted by atomic mass is 16.5. The summed E-state index contributed by atoms with van der Waals surface area (Å²) in [5, 5.41) is 15.2. The van der Waals surface area contributed by atoms with Gasteiger partial charge in [0.15, 0.2) is 0 Å². The lowest BCUT2D eigenvalue weighted by Crippen LogP contribution is -2.46. The van der Waals surface area contributed by atoms with Crippen molar-refractivity contribution in [1.82, 2.24) is 10.6 Å². The first-order valence-corrected chi connectivity index (χ1v) is 6.02. The van der Waals surface area contributed by atoms with E-state index >= 15 is 0 Å². The summed E-state index contributed by atoms with van der Waals surface area (Å²) < 4.78 is 5.25. The van der Waals surface area contributed by atoms with E-state index in [0.717, 1.165) is 0 Å². The van der Waals surface area contributed by atoms with Crippen LogP contribution in [0, 0.1) is 0 Å². The van der Waals surface area contributed by atoms with Crippen LogP contribution in [0.15, 0.2) is 0 Å². The molecule has 1 amide bonds. The van der Waals surface area contributed by atoms with Gasteiger partial charge in [-0.1, -0.05) is 0 Å².